The monoisotopic (exact) mass is 234 g/mol. The lowest BCUT2D eigenvalue weighted by molar-refractivity contribution is 0.0740. The molecule has 0 fully saturated rings. The molecule has 0 aliphatic carbocycles. The third-order valence-corrected chi connectivity index (χ3v) is 2.66. The Bertz CT molecular complexity index is 201. The van der Waals surface area contributed by atoms with Gasteiger partial charge in [-0.15, -0.1) is 26.3 Å². The minimum absolute atomic E-state index is 0.377. The molecule has 0 bridgehead atoms. The van der Waals surface area contributed by atoms with E-state index < -0.39 is 0 Å². The van der Waals surface area contributed by atoms with E-state index in [1.165, 1.54) is 0 Å². The molecule has 0 N–H and O–H groups in total. The van der Waals surface area contributed by atoms with Crippen LogP contribution < -0.4 is 0 Å². The zero-order valence-corrected chi connectivity index (χ0v) is 11.1. The van der Waals surface area contributed by atoms with Crippen molar-refractivity contribution in [2.45, 2.75) is 19.5 Å². The predicted octanol–water partition coefficient (Wildman–Crippen LogP) is 3.07. The Labute approximate surface area is 107 Å². The summed E-state index contributed by atoms with van der Waals surface area (Å²) in [6.45, 7) is 20.9. The van der Waals surface area contributed by atoms with Crippen molar-refractivity contribution in [3.05, 3.63) is 50.6 Å². The van der Waals surface area contributed by atoms with Crippen LogP contribution in [0, 0.1) is 0 Å². The van der Waals surface area contributed by atoms with Crippen LogP contribution in [0.4, 0.5) is 0 Å². The third-order valence-electron chi connectivity index (χ3n) is 2.66. The summed E-state index contributed by atoms with van der Waals surface area (Å²) in [6, 6.07) is 0. The fraction of sp³-hybridized carbons (Fsp3) is 0.467. The van der Waals surface area contributed by atoms with Gasteiger partial charge in [0.15, 0.2) is 0 Å². The van der Waals surface area contributed by atoms with E-state index in [1.54, 1.807) is 0 Å². The molecule has 17 heavy (non-hydrogen) atoms. The van der Waals surface area contributed by atoms with Crippen molar-refractivity contribution < 1.29 is 0 Å². The van der Waals surface area contributed by atoms with E-state index in [0.29, 0.717) is 6.17 Å². The Morgan fingerprint density at radius 3 is 1.24 bits per heavy atom. The van der Waals surface area contributed by atoms with Crippen LogP contribution >= 0.6 is 0 Å². The predicted molar refractivity (Wildman–Crippen MR) is 78.0 cm³/mol. The molecule has 0 spiro atoms. The highest BCUT2D eigenvalue weighted by Crippen LogP contribution is 2.11. The second kappa shape index (κ2) is 10.1. The van der Waals surface area contributed by atoms with Gasteiger partial charge in [-0.25, -0.2) is 0 Å². The zero-order chi connectivity index (χ0) is 13.1. The Morgan fingerprint density at radius 2 is 1.06 bits per heavy atom. The molecule has 0 aliphatic heterocycles. The average Bonchev–Trinajstić information content (AvgIpc) is 2.31. The first kappa shape index (κ1) is 15.9. The normalized spacial score (nSPS) is 10.8. The highest BCUT2D eigenvalue weighted by Gasteiger charge is 2.20. The Morgan fingerprint density at radius 1 is 0.765 bits per heavy atom. The summed E-state index contributed by atoms with van der Waals surface area (Å²) in [5.41, 5.74) is 0. The fourth-order valence-corrected chi connectivity index (χ4v) is 2.05. The molecule has 2 heteroatoms. The zero-order valence-electron chi connectivity index (χ0n) is 11.1. The van der Waals surface area contributed by atoms with Gasteiger partial charge in [0.2, 0.25) is 0 Å². The summed E-state index contributed by atoms with van der Waals surface area (Å²) in [4.78, 5) is 4.71. The topological polar surface area (TPSA) is 6.48 Å². The van der Waals surface area contributed by atoms with Gasteiger partial charge in [0.1, 0.15) is 0 Å². The summed E-state index contributed by atoms with van der Waals surface area (Å²) < 4.78 is 0. The molecule has 96 valence electrons. The van der Waals surface area contributed by atoms with E-state index in [-0.39, 0.29) is 0 Å². The van der Waals surface area contributed by atoms with Crippen molar-refractivity contribution in [3.8, 4) is 0 Å². The Hall–Kier alpha value is -1.12. The largest absolute Gasteiger partial charge is 0.280 e. The first-order valence-electron chi connectivity index (χ1n) is 6.16. The van der Waals surface area contributed by atoms with Crippen molar-refractivity contribution in [2.75, 3.05) is 26.2 Å². The summed E-state index contributed by atoms with van der Waals surface area (Å²) in [5.74, 6) is 0. The summed E-state index contributed by atoms with van der Waals surface area (Å²) in [6.07, 6.45) is 9.18. The molecular weight excluding hydrogens is 208 g/mol. The molecule has 0 amide bonds. The van der Waals surface area contributed by atoms with Gasteiger partial charge < -0.3 is 0 Å². The highest BCUT2D eigenvalue weighted by atomic mass is 15.3. The lowest BCUT2D eigenvalue weighted by Gasteiger charge is -2.37. The van der Waals surface area contributed by atoms with Crippen molar-refractivity contribution >= 4 is 0 Å². The van der Waals surface area contributed by atoms with Crippen LogP contribution in [-0.4, -0.2) is 42.1 Å². The van der Waals surface area contributed by atoms with Gasteiger partial charge in [-0.1, -0.05) is 31.2 Å². The maximum Gasteiger partial charge on any atom is 0.0630 e. The van der Waals surface area contributed by atoms with Crippen LogP contribution in [0.1, 0.15) is 13.3 Å². The van der Waals surface area contributed by atoms with Gasteiger partial charge >= 0.3 is 0 Å². The quantitative estimate of drug-likeness (QED) is 0.400. The second-order valence-corrected chi connectivity index (χ2v) is 3.95. The number of nitrogens with zero attached hydrogens (tertiary/aromatic N) is 2. The smallest absolute Gasteiger partial charge is 0.0630 e. The standard InChI is InChI=1S/C15H26N2/c1-6-11-16(12-7-2)15(10-5)17(13-8-3)14-9-4/h6-9,15H,1-4,10-14H2,5H3. The lowest BCUT2D eigenvalue weighted by Crippen LogP contribution is -2.48. The third kappa shape index (κ3) is 5.66. The molecule has 0 rings (SSSR count). The van der Waals surface area contributed by atoms with Crippen LogP contribution in [0.3, 0.4) is 0 Å². The first-order chi connectivity index (χ1) is 8.24. The van der Waals surface area contributed by atoms with Crippen molar-refractivity contribution in [3.63, 3.8) is 0 Å². The van der Waals surface area contributed by atoms with Gasteiger partial charge in [0, 0.05) is 26.2 Å². The van der Waals surface area contributed by atoms with E-state index in [2.05, 4.69) is 43.0 Å². The van der Waals surface area contributed by atoms with Crippen LogP contribution in [-0.2, 0) is 0 Å². The SMILES string of the molecule is C=CCN(CC=C)C(CC)N(CC=C)CC=C. The number of rotatable bonds is 11. The van der Waals surface area contributed by atoms with Crippen LogP contribution in [0.15, 0.2) is 50.6 Å². The molecule has 0 radical (unpaired) electrons. The molecule has 0 saturated heterocycles. The molecule has 0 saturated carbocycles. The van der Waals surface area contributed by atoms with Crippen molar-refractivity contribution in [2.24, 2.45) is 0 Å². The van der Waals surface area contributed by atoms with Gasteiger partial charge in [-0.05, 0) is 6.42 Å². The summed E-state index contributed by atoms with van der Waals surface area (Å²) in [7, 11) is 0. The van der Waals surface area contributed by atoms with Gasteiger partial charge in [-0.2, -0.15) is 0 Å². The molecule has 0 aliphatic rings. The minimum atomic E-state index is 0.377. The lowest BCUT2D eigenvalue weighted by atomic mass is 10.2. The van der Waals surface area contributed by atoms with E-state index in [9.17, 15) is 0 Å². The fourth-order valence-electron chi connectivity index (χ4n) is 2.05. The molecule has 0 aromatic carbocycles. The van der Waals surface area contributed by atoms with E-state index in [0.717, 1.165) is 32.6 Å². The van der Waals surface area contributed by atoms with Gasteiger partial charge in [0.05, 0.1) is 6.17 Å². The van der Waals surface area contributed by atoms with E-state index in [4.69, 9.17) is 0 Å². The maximum atomic E-state index is 3.82. The van der Waals surface area contributed by atoms with Gasteiger partial charge in [-0.3, -0.25) is 9.80 Å². The summed E-state index contributed by atoms with van der Waals surface area (Å²) >= 11 is 0. The molecule has 0 aromatic heterocycles. The van der Waals surface area contributed by atoms with E-state index in [1.807, 2.05) is 24.3 Å². The molecule has 0 atom stereocenters. The molecule has 0 unspecified atom stereocenters. The maximum absolute atomic E-state index is 3.82. The first-order valence-corrected chi connectivity index (χ1v) is 6.16. The molecular formula is C15H26N2. The number of hydrogen-bond donors (Lipinski definition) is 0. The van der Waals surface area contributed by atoms with Crippen LogP contribution in [0.2, 0.25) is 0 Å². The second-order valence-electron chi connectivity index (χ2n) is 3.95. The van der Waals surface area contributed by atoms with Gasteiger partial charge in [0.25, 0.3) is 0 Å². The van der Waals surface area contributed by atoms with Crippen LogP contribution in [0.25, 0.3) is 0 Å². The van der Waals surface area contributed by atoms with Crippen LogP contribution in [0.5, 0.6) is 0 Å². The minimum Gasteiger partial charge on any atom is -0.280 e. The Kier molecular flexibility index (Phi) is 9.40. The average molecular weight is 234 g/mol. The Balaban J connectivity index is 4.77. The highest BCUT2D eigenvalue weighted by molar-refractivity contribution is 4.88. The number of hydrogen-bond acceptors (Lipinski definition) is 2. The molecule has 0 aromatic rings. The summed E-state index contributed by atoms with van der Waals surface area (Å²) in [5, 5.41) is 0. The van der Waals surface area contributed by atoms with Crippen molar-refractivity contribution in [1.29, 1.82) is 0 Å². The molecule has 0 heterocycles. The van der Waals surface area contributed by atoms with E-state index >= 15 is 0 Å². The van der Waals surface area contributed by atoms with Crippen molar-refractivity contribution in [1.82, 2.24) is 9.80 Å². The molecule has 2 nitrogen and oxygen atoms in total.